The highest BCUT2D eigenvalue weighted by molar-refractivity contribution is 5.89. The SMILES string of the molecule is CC(O)c1cccc(NC(=O)NCCC2CCCO2)c1. The number of hydrogen-bond acceptors (Lipinski definition) is 3. The van der Waals surface area contributed by atoms with Crippen LogP contribution in [0.2, 0.25) is 0 Å². The van der Waals surface area contributed by atoms with E-state index in [4.69, 9.17) is 4.74 Å². The fourth-order valence-corrected chi connectivity index (χ4v) is 2.27. The van der Waals surface area contributed by atoms with Gasteiger partial charge >= 0.3 is 6.03 Å². The molecule has 20 heavy (non-hydrogen) atoms. The van der Waals surface area contributed by atoms with Crippen molar-refractivity contribution in [1.29, 1.82) is 0 Å². The van der Waals surface area contributed by atoms with Gasteiger partial charge in [0.1, 0.15) is 0 Å². The maximum atomic E-state index is 11.7. The van der Waals surface area contributed by atoms with E-state index in [1.165, 1.54) is 0 Å². The molecule has 1 fully saturated rings. The van der Waals surface area contributed by atoms with E-state index in [-0.39, 0.29) is 12.1 Å². The highest BCUT2D eigenvalue weighted by atomic mass is 16.5. The standard InChI is InChI=1S/C15H22N2O3/c1-11(18)12-4-2-5-13(10-12)17-15(19)16-8-7-14-6-3-9-20-14/h2,4-5,10-11,14,18H,3,6-9H2,1H3,(H2,16,17,19). The Morgan fingerprint density at radius 1 is 1.55 bits per heavy atom. The number of urea groups is 1. The summed E-state index contributed by atoms with van der Waals surface area (Å²) in [5.41, 5.74) is 1.46. The van der Waals surface area contributed by atoms with E-state index < -0.39 is 6.10 Å². The van der Waals surface area contributed by atoms with Gasteiger partial charge in [0, 0.05) is 18.8 Å². The summed E-state index contributed by atoms with van der Waals surface area (Å²) in [5.74, 6) is 0. The van der Waals surface area contributed by atoms with E-state index in [1.54, 1.807) is 19.1 Å². The third-order valence-corrected chi connectivity index (χ3v) is 3.40. The zero-order valence-corrected chi connectivity index (χ0v) is 11.8. The van der Waals surface area contributed by atoms with Crippen LogP contribution in [0, 0.1) is 0 Å². The van der Waals surface area contributed by atoms with Gasteiger partial charge in [0.25, 0.3) is 0 Å². The second-order valence-electron chi connectivity index (χ2n) is 5.11. The number of rotatable bonds is 5. The molecule has 2 atom stereocenters. The molecule has 2 amide bonds. The summed E-state index contributed by atoms with van der Waals surface area (Å²) in [6.07, 6.45) is 2.79. The minimum atomic E-state index is -0.542. The van der Waals surface area contributed by atoms with Crippen LogP contribution in [0.5, 0.6) is 0 Å². The molecule has 2 rings (SSSR count). The Labute approximate surface area is 119 Å². The van der Waals surface area contributed by atoms with Crippen molar-refractivity contribution < 1.29 is 14.6 Å². The van der Waals surface area contributed by atoms with Gasteiger partial charge in [-0.3, -0.25) is 0 Å². The number of nitrogens with one attached hydrogen (secondary N) is 2. The van der Waals surface area contributed by atoms with Crippen LogP contribution >= 0.6 is 0 Å². The zero-order chi connectivity index (χ0) is 14.4. The average molecular weight is 278 g/mol. The Balaban J connectivity index is 1.74. The van der Waals surface area contributed by atoms with Crippen LogP contribution in [0.3, 0.4) is 0 Å². The first-order chi connectivity index (χ1) is 9.65. The van der Waals surface area contributed by atoms with Crippen molar-refractivity contribution in [2.45, 2.75) is 38.4 Å². The number of amides is 2. The lowest BCUT2D eigenvalue weighted by Crippen LogP contribution is -2.31. The first-order valence-electron chi connectivity index (χ1n) is 7.09. The van der Waals surface area contributed by atoms with Crippen LogP contribution in [0.4, 0.5) is 10.5 Å². The Morgan fingerprint density at radius 2 is 2.40 bits per heavy atom. The van der Waals surface area contributed by atoms with Crippen molar-refractivity contribution in [3.63, 3.8) is 0 Å². The maximum absolute atomic E-state index is 11.7. The molecule has 0 saturated carbocycles. The molecule has 5 nitrogen and oxygen atoms in total. The number of aliphatic hydroxyl groups excluding tert-OH is 1. The summed E-state index contributed by atoms with van der Waals surface area (Å²) in [6, 6.07) is 6.97. The number of anilines is 1. The lowest BCUT2D eigenvalue weighted by atomic mass is 10.1. The molecule has 110 valence electrons. The van der Waals surface area contributed by atoms with E-state index in [1.807, 2.05) is 12.1 Å². The van der Waals surface area contributed by atoms with E-state index in [2.05, 4.69) is 10.6 Å². The van der Waals surface area contributed by atoms with Crippen molar-refractivity contribution in [1.82, 2.24) is 5.32 Å². The summed E-state index contributed by atoms with van der Waals surface area (Å²) >= 11 is 0. The molecule has 1 aliphatic rings. The van der Waals surface area contributed by atoms with Gasteiger partial charge in [-0.05, 0) is 43.9 Å². The maximum Gasteiger partial charge on any atom is 0.319 e. The minimum absolute atomic E-state index is 0.231. The molecule has 0 spiro atoms. The molecule has 1 aromatic rings. The van der Waals surface area contributed by atoms with Crippen LogP contribution in [0.1, 0.15) is 37.9 Å². The van der Waals surface area contributed by atoms with Gasteiger partial charge in [0.05, 0.1) is 12.2 Å². The number of ether oxygens (including phenoxy) is 1. The van der Waals surface area contributed by atoms with Crippen molar-refractivity contribution >= 4 is 11.7 Å². The minimum Gasteiger partial charge on any atom is -0.389 e. The Kier molecular flexibility index (Phi) is 5.38. The molecule has 1 heterocycles. The molecule has 1 aromatic carbocycles. The quantitative estimate of drug-likeness (QED) is 0.774. The van der Waals surface area contributed by atoms with Gasteiger partial charge in [0.2, 0.25) is 0 Å². The topological polar surface area (TPSA) is 70.6 Å². The number of carbonyl (C=O) groups excluding carboxylic acids is 1. The highest BCUT2D eigenvalue weighted by Gasteiger charge is 2.15. The van der Waals surface area contributed by atoms with Crippen molar-refractivity contribution in [2.75, 3.05) is 18.5 Å². The van der Waals surface area contributed by atoms with Crippen LogP contribution in [-0.2, 0) is 4.74 Å². The summed E-state index contributed by atoms with van der Waals surface area (Å²) < 4.78 is 5.50. The second-order valence-corrected chi connectivity index (χ2v) is 5.11. The molecule has 0 aliphatic carbocycles. The average Bonchev–Trinajstić information content (AvgIpc) is 2.92. The lowest BCUT2D eigenvalue weighted by molar-refractivity contribution is 0.105. The molecule has 0 bridgehead atoms. The molecule has 1 aliphatic heterocycles. The van der Waals surface area contributed by atoms with E-state index in [9.17, 15) is 9.90 Å². The molecular formula is C15H22N2O3. The summed E-state index contributed by atoms with van der Waals surface area (Å²) in [5, 5.41) is 15.1. The number of hydrogen-bond donors (Lipinski definition) is 3. The predicted molar refractivity (Wildman–Crippen MR) is 77.7 cm³/mol. The lowest BCUT2D eigenvalue weighted by Gasteiger charge is -2.12. The predicted octanol–water partition coefficient (Wildman–Crippen LogP) is 2.43. The van der Waals surface area contributed by atoms with Crippen molar-refractivity contribution in [2.24, 2.45) is 0 Å². The van der Waals surface area contributed by atoms with Gasteiger partial charge in [-0.2, -0.15) is 0 Å². The van der Waals surface area contributed by atoms with E-state index in [0.717, 1.165) is 31.4 Å². The molecule has 0 radical (unpaired) electrons. The Hall–Kier alpha value is -1.59. The van der Waals surface area contributed by atoms with Crippen LogP contribution in [-0.4, -0.2) is 30.4 Å². The van der Waals surface area contributed by atoms with Crippen molar-refractivity contribution in [3.05, 3.63) is 29.8 Å². The Morgan fingerprint density at radius 3 is 3.10 bits per heavy atom. The highest BCUT2D eigenvalue weighted by Crippen LogP contribution is 2.17. The van der Waals surface area contributed by atoms with Crippen LogP contribution in [0.25, 0.3) is 0 Å². The molecule has 5 heteroatoms. The van der Waals surface area contributed by atoms with Gasteiger partial charge in [-0.15, -0.1) is 0 Å². The van der Waals surface area contributed by atoms with E-state index in [0.29, 0.717) is 12.2 Å². The van der Waals surface area contributed by atoms with Crippen LogP contribution in [0.15, 0.2) is 24.3 Å². The largest absolute Gasteiger partial charge is 0.389 e. The fourth-order valence-electron chi connectivity index (χ4n) is 2.27. The Bertz CT molecular complexity index is 442. The normalized spacial score (nSPS) is 19.6. The van der Waals surface area contributed by atoms with E-state index >= 15 is 0 Å². The first kappa shape index (κ1) is 14.8. The molecule has 1 saturated heterocycles. The van der Waals surface area contributed by atoms with Gasteiger partial charge in [-0.25, -0.2) is 4.79 Å². The van der Waals surface area contributed by atoms with Crippen molar-refractivity contribution in [3.8, 4) is 0 Å². The summed E-state index contributed by atoms with van der Waals surface area (Å²) in [6.45, 7) is 3.14. The number of aliphatic hydroxyl groups is 1. The zero-order valence-electron chi connectivity index (χ0n) is 11.8. The van der Waals surface area contributed by atoms with Gasteiger partial charge < -0.3 is 20.5 Å². The molecular weight excluding hydrogens is 256 g/mol. The third kappa shape index (κ3) is 4.51. The first-order valence-corrected chi connectivity index (χ1v) is 7.09. The number of benzene rings is 1. The van der Waals surface area contributed by atoms with Crippen LogP contribution < -0.4 is 10.6 Å². The summed E-state index contributed by atoms with van der Waals surface area (Å²) in [4.78, 5) is 11.7. The number of carbonyl (C=O) groups is 1. The second kappa shape index (κ2) is 7.26. The summed E-state index contributed by atoms with van der Waals surface area (Å²) in [7, 11) is 0. The molecule has 0 aromatic heterocycles. The smallest absolute Gasteiger partial charge is 0.319 e. The third-order valence-electron chi connectivity index (χ3n) is 3.40. The monoisotopic (exact) mass is 278 g/mol. The van der Waals surface area contributed by atoms with Gasteiger partial charge in [-0.1, -0.05) is 12.1 Å². The molecule has 2 unspecified atom stereocenters. The fraction of sp³-hybridized carbons (Fsp3) is 0.533. The molecule has 3 N–H and O–H groups in total. The van der Waals surface area contributed by atoms with Gasteiger partial charge in [0.15, 0.2) is 0 Å².